The van der Waals surface area contributed by atoms with Gasteiger partial charge in [0.25, 0.3) is 0 Å². The number of aliphatic imine (C=N–C) groups is 1. The number of pyridine rings is 1. The SMILES string of the molecule is CN=C(NCc1ccc(-n2ccnc2C)nc1)NCC1(c2ccccc2)CCCC1. The van der Waals surface area contributed by atoms with E-state index in [1.165, 1.54) is 31.2 Å². The van der Waals surface area contributed by atoms with Gasteiger partial charge in [0.05, 0.1) is 0 Å². The van der Waals surface area contributed by atoms with Crippen LogP contribution >= 0.6 is 0 Å². The Bertz CT molecular complexity index is 968. The van der Waals surface area contributed by atoms with E-state index >= 15 is 0 Å². The Balaban J connectivity index is 1.35. The molecule has 2 heterocycles. The van der Waals surface area contributed by atoms with Gasteiger partial charge in [0.1, 0.15) is 11.6 Å². The molecule has 6 nitrogen and oxygen atoms in total. The molecule has 1 saturated carbocycles. The number of hydrogen-bond acceptors (Lipinski definition) is 3. The molecule has 1 aliphatic rings. The van der Waals surface area contributed by atoms with Crippen LogP contribution in [0, 0.1) is 6.92 Å². The molecule has 6 heteroatoms. The summed E-state index contributed by atoms with van der Waals surface area (Å²) in [4.78, 5) is 13.2. The fourth-order valence-corrected chi connectivity index (χ4v) is 4.35. The molecular weight excluding hydrogens is 372 g/mol. The maximum Gasteiger partial charge on any atom is 0.191 e. The summed E-state index contributed by atoms with van der Waals surface area (Å²) in [5, 5.41) is 6.99. The molecule has 4 rings (SSSR count). The van der Waals surface area contributed by atoms with Crippen molar-refractivity contribution in [2.75, 3.05) is 13.6 Å². The second-order valence-corrected chi connectivity index (χ2v) is 8.00. The molecule has 0 saturated heterocycles. The number of rotatable bonds is 6. The molecule has 1 fully saturated rings. The molecule has 30 heavy (non-hydrogen) atoms. The van der Waals surface area contributed by atoms with Crippen molar-refractivity contribution in [2.45, 2.75) is 44.6 Å². The van der Waals surface area contributed by atoms with Gasteiger partial charge in [-0.1, -0.05) is 49.2 Å². The van der Waals surface area contributed by atoms with E-state index < -0.39 is 0 Å². The van der Waals surface area contributed by atoms with Gasteiger partial charge in [-0.25, -0.2) is 9.97 Å². The molecular formula is C24H30N6. The topological polar surface area (TPSA) is 67.1 Å². The Morgan fingerprint density at radius 1 is 1.07 bits per heavy atom. The number of imidazole rings is 1. The molecule has 0 radical (unpaired) electrons. The first kappa shape index (κ1) is 20.1. The van der Waals surface area contributed by atoms with Gasteiger partial charge < -0.3 is 10.6 Å². The molecule has 2 aromatic heterocycles. The van der Waals surface area contributed by atoms with Gasteiger partial charge in [-0.2, -0.15) is 0 Å². The average molecular weight is 403 g/mol. The Labute approximate surface area is 178 Å². The lowest BCUT2D eigenvalue weighted by Crippen LogP contribution is -2.44. The van der Waals surface area contributed by atoms with Crippen molar-refractivity contribution in [3.8, 4) is 5.82 Å². The van der Waals surface area contributed by atoms with Gasteiger partial charge in [0, 0.05) is 44.1 Å². The molecule has 156 valence electrons. The van der Waals surface area contributed by atoms with Crippen molar-refractivity contribution in [1.82, 2.24) is 25.2 Å². The molecule has 0 atom stereocenters. The molecule has 2 N–H and O–H groups in total. The molecule has 0 spiro atoms. The summed E-state index contributed by atoms with van der Waals surface area (Å²) < 4.78 is 1.97. The van der Waals surface area contributed by atoms with Crippen LogP contribution in [-0.4, -0.2) is 34.1 Å². The second kappa shape index (κ2) is 9.11. The molecule has 0 bridgehead atoms. The van der Waals surface area contributed by atoms with Gasteiger partial charge >= 0.3 is 0 Å². The Morgan fingerprint density at radius 3 is 2.50 bits per heavy atom. The number of aromatic nitrogens is 3. The Morgan fingerprint density at radius 2 is 1.87 bits per heavy atom. The quantitative estimate of drug-likeness (QED) is 0.487. The third kappa shape index (κ3) is 4.37. The Kier molecular flexibility index (Phi) is 6.12. The summed E-state index contributed by atoms with van der Waals surface area (Å²) in [5.74, 6) is 2.63. The minimum absolute atomic E-state index is 0.199. The third-order valence-electron chi connectivity index (χ3n) is 6.11. The van der Waals surface area contributed by atoms with Crippen LogP contribution in [0.25, 0.3) is 5.82 Å². The molecule has 1 aliphatic carbocycles. The van der Waals surface area contributed by atoms with Crippen molar-refractivity contribution < 1.29 is 0 Å². The highest BCUT2D eigenvalue weighted by Crippen LogP contribution is 2.40. The number of hydrogen-bond donors (Lipinski definition) is 2. The van der Waals surface area contributed by atoms with Crippen molar-refractivity contribution in [1.29, 1.82) is 0 Å². The van der Waals surface area contributed by atoms with E-state index in [-0.39, 0.29) is 5.41 Å². The normalized spacial score (nSPS) is 15.9. The molecule has 0 aliphatic heterocycles. The average Bonchev–Trinajstić information content (AvgIpc) is 3.45. The minimum atomic E-state index is 0.199. The predicted molar refractivity (Wildman–Crippen MR) is 121 cm³/mol. The zero-order valence-electron chi connectivity index (χ0n) is 17.8. The highest BCUT2D eigenvalue weighted by Gasteiger charge is 2.35. The molecule has 0 amide bonds. The van der Waals surface area contributed by atoms with Crippen LogP contribution in [0.1, 0.15) is 42.6 Å². The molecule has 0 unspecified atom stereocenters. The maximum atomic E-state index is 4.57. The van der Waals surface area contributed by atoms with E-state index in [2.05, 4.69) is 62.0 Å². The first-order chi connectivity index (χ1) is 14.7. The van der Waals surface area contributed by atoms with Crippen molar-refractivity contribution in [3.05, 3.63) is 78.0 Å². The van der Waals surface area contributed by atoms with Crippen LogP contribution in [0.4, 0.5) is 0 Å². The van der Waals surface area contributed by atoms with Crippen LogP contribution in [0.15, 0.2) is 66.0 Å². The third-order valence-corrected chi connectivity index (χ3v) is 6.11. The van der Waals surface area contributed by atoms with Crippen LogP contribution in [0.3, 0.4) is 0 Å². The zero-order valence-corrected chi connectivity index (χ0v) is 17.8. The number of nitrogens with zero attached hydrogens (tertiary/aromatic N) is 4. The maximum absolute atomic E-state index is 4.57. The lowest BCUT2D eigenvalue weighted by Gasteiger charge is -2.30. The summed E-state index contributed by atoms with van der Waals surface area (Å²) in [6.07, 6.45) is 10.6. The summed E-state index contributed by atoms with van der Waals surface area (Å²) in [7, 11) is 1.82. The molecule has 1 aromatic carbocycles. The van der Waals surface area contributed by atoms with E-state index in [0.717, 1.165) is 29.7 Å². The second-order valence-electron chi connectivity index (χ2n) is 8.00. The van der Waals surface area contributed by atoms with E-state index in [9.17, 15) is 0 Å². The minimum Gasteiger partial charge on any atom is -0.356 e. The standard InChI is InChI=1S/C24H30N6/c1-19-26-14-15-30(19)22-11-10-20(16-27-22)17-28-23(25-2)29-18-24(12-6-7-13-24)21-8-4-3-5-9-21/h3-5,8-11,14-16H,6-7,12-13,17-18H2,1-2H3,(H2,25,28,29). The van der Waals surface area contributed by atoms with Crippen LogP contribution in [0.2, 0.25) is 0 Å². The lowest BCUT2D eigenvalue weighted by atomic mass is 9.79. The van der Waals surface area contributed by atoms with Gasteiger partial charge in [-0.3, -0.25) is 9.56 Å². The summed E-state index contributed by atoms with van der Waals surface area (Å²) in [6, 6.07) is 15.0. The van der Waals surface area contributed by atoms with E-state index in [0.29, 0.717) is 6.54 Å². The summed E-state index contributed by atoms with van der Waals surface area (Å²) in [6.45, 7) is 3.54. The highest BCUT2D eigenvalue weighted by atomic mass is 15.2. The van der Waals surface area contributed by atoms with Gasteiger partial charge in [-0.15, -0.1) is 0 Å². The van der Waals surface area contributed by atoms with Crippen LogP contribution in [0.5, 0.6) is 0 Å². The van der Waals surface area contributed by atoms with Crippen molar-refractivity contribution in [3.63, 3.8) is 0 Å². The monoisotopic (exact) mass is 402 g/mol. The van der Waals surface area contributed by atoms with Crippen molar-refractivity contribution in [2.24, 2.45) is 4.99 Å². The smallest absolute Gasteiger partial charge is 0.191 e. The molecule has 3 aromatic rings. The van der Waals surface area contributed by atoms with Crippen LogP contribution < -0.4 is 10.6 Å². The number of guanidine groups is 1. The summed E-state index contributed by atoms with van der Waals surface area (Å²) >= 11 is 0. The van der Waals surface area contributed by atoms with E-state index in [1.54, 1.807) is 6.20 Å². The summed E-state index contributed by atoms with van der Waals surface area (Å²) in [5.41, 5.74) is 2.74. The zero-order chi connectivity index (χ0) is 20.8. The highest BCUT2D eigenvalue weighted by molar-refractivity contribution is 5.79. The largest absolute Gasteiger partial charge is 0.356 e. The number of aryl methyl sites for hydroxylation is 1. The van der Waals surface area contributed by atoms with E-state index in [1.807, 2.05) is 37.0 Å². The van der Waals surface area contributed by atoms with Gasteiger partial charge in [0.15, 0.2) is 5.96 Å². The predicted octanol–water partition coefficient (Wildman–Crippen LogP) is 3.75. The first-order valence-electron chi connectivity index (χ1n) is 10.7. The van der Waals surface area contributed by atoms with Gasteiger partial charge in [-0.05, 0) is 37.0 Å². The number of benzene rings is 1. The lowest BCUT2D eigenvalue weighted by molar-refractivity contribution is 0.431. The number of nitrogens with one attached hydrogen (secondary N) is 2. The first-order valence-corrected chi connectivity index (χ1v) is 10.7. The van der Waals surface area contributed by atoms with Gasteiger partial charge in [0.2, 0.25) is 0 Å². The van der Waals surface area contributed by atoms with E-state index in [4.69, 9.17) is 0 Å². The fraction of sp³-hybridized carbons (Fsp3) is 0.375. The fourth-order valence-electron chi connectivity index (χ4n) is 4.35. The Hall–Kier alpha value is -3.15. The van der Waals surface area contributed by atoms with Crippen LogP contribution in [-0.2, 0) is 12.0 Å². The van der Waals surface area contributed by atoms with Crippen molar-refractivity contribution >= 4 is 5.96 Å².